The smallest absolute Gasteiger partial charge is 0.303 e. The summed E-state index contributed by atoms with van der Waals surface area (Å²) < 4.78 is 0. The van der Waals surface area contributed by atoms with Crippen molar-refractivity contribution in [2.75, 3.05) is 5.32 Å². The minimum absolute atomic E-state index is 0. The van der Waals surface area contributed by atoms with E-state index in [1.165, 1.54) is 6.92 Å². The van der Waals surface area contributed by atoms with E-state index in [0.717, 1.165) is 5.56 Å². The summed E-state index contributed by atoms with van der Waals surface area (Å²) >= 11 is 0. The first-order valence-electron chi connectivity index (χ1n) is 4.53. The highest BCUT2D eigenvalue weighted by atomic mass is 35.5. The van der Waals surface area contributed by atoms with Crippen LogP contribution < -0.4 is 5.32 Å². The minimum Gasteiger partial charge on any atom is -0.481 e. The number of nitrogens with zero attached hydrogens (tertiary/aromatic N) is 1. The first-order chi connectivity index (χ1) is 7.09. The van der Waals surface area contributed by atoms with Crippen molar-refractivity contribution < 1.29 is 14.7 Å². The van der Waals surface area contributed by atoms with Gasteiger partial charge in [0.15, 0.2) is 0 Å². The highest BCUT2D eigenvalue weighted by Gasteiger charge is 2.06. The number of halogens is 1. The van der Waals surface area contributed by atoms with Crippen LogP contribution in [0.5, 0.6) is 0 Å². The van der Waals surface area contributed by atoms with E-state index >= 15 is 0 Å². The van der Waals surface area contributed by atoms with Crippen LogP contribution in [0.4, 0.5) is 5.82 Å². The molecule has 0 unspecified atom stereocenters. The van der Waals surface area contributed by atoms with E-state index in [2.05, 4.69) is 10.3 Å². The fraction of sp³-hybridized carbons (Fsp3) is 0.300. The Morgan fingerprint density at radius 3 is 2.75 bits per heavy atom. The first kappa shape index (κ1) is 14.4. The van der Waals surface area contributed by atoms with E-state index in [1.807, 2.05) is 0 Å². The number of anilines is 1. The Labute approximate surface area is 99.3 Å². The van der Waals surface area contributed by atoms with Crippen LogP contribution in [0.3, 0.4) is 0 Å². The summed E-state index contributed by atoms with van der Waals surface area (Å²) in [6.07, 6.45) is 1.94. The predicted molar refractivity (Wildman–Crippen MR) is 61.7 cm³/mol. The Morgan fingerprint density at radius 2 is 2.19 bits per heavy atom. The van der Waals surface area contributed by atoms with Crippen molar-refractivity contribution in [1.82, 2.24) is 4.98 Å². The van der Waals surface area contributed by atoms with E-state index in [4.69, 9.17) is 5.11 Å². The average Bonchev–Trinajstić information content (AvgIpc) is 2.15. The van der Waals surface area contributed by atoms with Crippen molar-refractivity contribution in [3.8, 4) is 0 Å². The number of nitrogens with one attached hydrogen (secondary N) is 1. The van der Waals surface area contributed by atoms with Crippen LogP contribution in [0.2, 0.25) is 0 Å². The summed E-state index contributed by atoms with van der Waals surface area (Å²) in [5, 5.41) is 11.1. The summed E-state index contributed by atoms with van der Waals surface area (Å²) in [6.45, 7) is 1.38. The van der Waals surface area contributed by atoms with Crippen LogP contribution in [-0.2, 0) is 16.0 Å². The van der Waals surface area contributed by atoms with Crippen molar-refractivity contribution in [1.29, 1.82) is 0 Å². The van der Waals surface area contributed by atoms with E-state index in [0.29, 0.717) is 12.2 Å². The molecule has 0 aliphatic rings. The lowest BCUT2D eigenvalue weighted by Gasteiger charge is -2.06. The zero-order valence-electron chi connectivity index (χ0n) is 8.77. The van der Waals surface area contributed by atoms with Crippen LogP contribution in [0.25, 0.3) is 0 Å². The summed E-state index contributed by atoms with van der Waals surface area (Å²) in [5.41, 5.74) is 0.732. The number of pyridine rings is 1. The van der Waals surface area contributed by atoms with Gasteiger partial charge in [-0.25, -0.2) is 4.98 Å². The number of carboxylic acids is 1. The Hall–Kier alpha value is -1.62. The van der Waals surface area contributed by atoms with Crippen molar-refractivity contribution >= 4 is 30.1 Å². The second-order valence-electron chi connectivity index (χ2n) is 3.09. The quantitative estimate of drug-likeness (QED) is 0.841. The molecule has 1 amide bonds. The van der Waals surface area contributed by atoms with Crippen LogP contribution in [0, 0.1) is 0 Å². The van der Waals surface area contributed by atoms with Gasteiger partial charge in [-0.1, -0.05) is 6.07 Å². The topological polar surface area (TPSA) is 79.3 Å². The fourth-order valence-electron chi connectivity index (χ4n) is 1.16. The van der Waals surface area contributed by atoms with E-state index in [-0.39, 0.29) is 24.7 Å². The van der Waals surface area contributed by atoms with E-state index in [1.54, 1.807) is 18.3 Å². The van der Waals surface area contributed by atoms with Crippen LogP contribution in [0.15, 0.2) is 18.3 Å². The molecule has 1 aromatic rings. The number of amides is 1. The minimum atomic E-state index is -0.868. The Kier molecular flexibility index (Phi) is 6.10. The molecule has 0 bridgehead atoms. The third-order valence-electron chi connectivity index (χ3n) is 1.79. The molecule has 0 aliphatic heterocycles. The lowest BCUT2D eigenvalue weighted by atomic mass is 10.1. The molecule has 1 rings (SSSR count). The summed E-state index contributed by atoms with van der Waals surface area (Å²) in [5.74, 6) is -0.649. The third-order valence-corrected chi connectivity index (χ3v) is 1.79. The molecule has 6 heteroatoms. The molecule has 0 aliphatic carbocycles. The molecule has 0 spiro atoms. The van der Waals surface area contributed by atoms with Gasteiger partial charge in [-0.3, -0.25) is 9.59 Å². The number of aliphatic carboxylic acids is 1. The van der Waals surface area contributed by atoms with Gasteiger partial charge in [0.1, 0.15) is 5.82 Å². The predicted octanol–water partition coefficient (Wildman–Crippen LogP) is 1.48. The molecule has 0 atom stereocenters. The molecule has 0 saturated carbocycles. The molecular weight excluding hydrogens is 232 g/mol. The summed E-state index contributed by atoms with van der Waals surface area (Å²) in [6, 6.07) is 3.46. The van der Waals surface area contributed by atoms with Gasteiger partial charge in [0.2, 0.25) is 5.91 Å². The molecule has 2 N–H and O–H groups in total. The number of hydrogen-bond donors (Lipinski definition) is 2. The number of aryl methyl sites for hydroxylation is 1. The molecule has 0 radical (unpaired) electrons. The van der Waals surface area contributed by atoms with Crippen molar-refractivity contribution in [2.45, 2.75) is 19.8 Å². The molecular formula is C10H13ClN2O3. The molecule has 1 heterocycles. The maximum absolute atomic E-state index is 10.8. The maximum atomic E-state index is 10.8. The Bertz CT molecular complexity index is 382. The van der Waals surface area contributed by atoms with Crippen molar-refractivity contribution in [2.24, 2.45) is 0 Å². The average molecular weight is 245 g/mol. The van der Waals surface area contributed by atoms with Gasteiger partial charge in [-0.15, -0.1) is 12.4 Å². The lowest BCUT2D eigenvalue weighted by Crippen LogP contribution is -2.10. The first-order valence-corrected chi connectivity index (χ1v) is 4.53. The van der Waals surface area contributed by atoms with Gasteiger partial charge >= 0.3 is 5.97 Å². The molecule has 0 saturated heterocycles. The Balaban J connectivity index is 0.00000225. The highest BCUT2D eigenvalue weighted by molar-refractivity contribution is 5.88. The van der Waals surface area contributed by atoms with Gasteiger partial charge in [0.25, 0.3) is 0 Å². The van der Waals surface area contributed by atoms with Gasteiger partial charge < -0.3 is 10.4 Å². The fourth-order valence-corrected chi connectivity index (χ4v) is 1.16. The molecule has 0 aromatic carbocycles. The molecule has 16 heavy (non-hydrogen) atoms. The molecule has 88 valence electrons. The van der Waals surface area contributed by atoms with E-state index in [9.17, 15) is 9.59 Å². The number of carbonyl (C=O) groups is 2. The molecule has 1 aromatic heterocycles. The number of aromatic nitrogens is 1. The molecule has 5 nitrogen and oxygen atoms in total. The van der Waals surface area contributed by atoms with E-state index < -0.39 is 5.97 Å². The van der Waals surface area contributed by atoms with Crippen molar-refractivity contribution in [3.05, 3.63) is 23.9 Å². The highest BCUT2D eigenvalue weighted by Crippen LogP contribution is 2.13. The lowest BCUT2D eigenvalue weighted by molar-refractivity contribution is -0.136. The summed E-state index contributed by atoms with van der Waals surface area (Å²) in [4.78, 5) is 25.2. The van der Waals surface area contributed by atoms with Gasteiger partial charge in [0, 0.05) is 19.5 Å². The second kappa shape index (κ2) is 6.79. The number of carboxylic acid groups (broad SMARTS) is 1. The van der Waals surface area contributed by atoms with Crippen molar-refractivity contribution in [3.63, 3.8) is 0 Å². The number of hydrogen-bond acceptors (Lipinski definition) is 3. The largest absolute Gasteiger partial charge is 0.481 e. The van der Waals surface area contributed by atoms with Gasteiger partial charge in [-0.05, 0) is 18.1 Å². The number of carbonyl (C=O) groups excluding carboxylic acids is 1. The Morgan fingerprint density at radius 1 is 1.50 bits per heavy atom. The van der Waals surface area contributed by atoms with Gasteiger partial charge in [-0.2, -0.15) is 0 Å². The normalized spacial score (nSPS) is 9.06. The monoisotopic (exact) mass is 244 g/mol. The van der Waals surface area contributed by atoms with Crippen LogP contribution in [-0.4, -0.2) is 22.0 Å². The summed E-state index contributed by atoms with van der Waals surface area (Å²) in [7, 11) is 0. The number of rotatable bonds is 4. The van der Waals surface area contributed by atoms with Crippen LogP contribution in [0.1, 0.15) is 18.9 Å². The second-order valence-corrected chi connectivity index (χ2v) is 3.09. The van der Waals surface area contributed by atoms with Gasteiger partial charge in [0.05, 0.1) is 0 Å². The maximum Gasteiger partial charge on any atom is 0.303 e. The molecule has 0 fully saturated rings. The third kappa shape index (κ3) is 4.75. The standard InChI is InChI=1S/C10H12N2O3.ClH/c1-7(13)12-10-8(3-2-6-11-10)4-5-9(14)15;/h2-3,6H,4-5H2,1H3,(H,14,15)(H,11,12,13);1H. The SMILES string of the molecule is CC(=O)Nc1ncccc1CCC(=O)O.Cl. The zero-order chi connectivity index (χ0) is 11.3. The zero-order valence-corrected chi connectivity index (χ0v) is 9.58. The van der Waals surface area contributed by atoms with Crippen LogP contribution >= 0.6 is 12.4 Å².